The zero-order chi connectivity index (χ0) is 13.2. The minimum atomic E-state index is -0.0313. The van der Waals surface area contributed by atoms with Crippen molar-refractivity contribution in [3.05, 3.63) is 34.9 Å². The quantitative estimate of drug-likeness (QED) is 0.898. The van der Waals surface area contributed by atoms with Gasteiger partial charge in [-0.2, -0.15) is 0 Å². The van der Waals surface area contributed by atoms with Crippen LogP contribution in [-0.2, 0) is 6.54 Å². The fourth-order valence-electron chi connectivity index (χ4n) is 2.62. The fourth-order valence-corrected chi connectivity index (χ4v) is 2.62. The third kappa shape index (κ3) is 2.21. The third-order valence-electron chi connectivity index (χ3n) is 3.61. The molecule has 5 nitrogen and oxygen atoms in total. The molecule has 2 heterocycles. The molecule has 19 heavy (non-hydrogen) atoms. The SMILES string of the molecule is COc1cccc2ncn(C[C@H]3CCCN3)c(=O)c12. The van der Waals surface area contributed by atoms with E-state index in [2.05, 4.69) is 10.3 Å². The molecule has 3 rings (SSSR count). The highest BCUT2D eigenvalue weighted by molar-refractivity contribution is 5.83. The lowest BCUT2D eigenvalue weighted by atomic mass is 10.2. The molecule has 1 aromatic carbocycles. The summed E-state index contributed by atoms with van der Waals surface area (Å²) in [6.07, 6.45) is 3.91. The van der Waals surface area contributed by atoms with Gasteiger partial charge in [0, 0.05) is 12.6 Å². The Hall–Kier alpha value is -1.88. The summed E-state index contributed by atoms with van der Waals surface area (Å²) in [5.74, 6) is 0.587. The average molecular weight is 259 g/mol. The van der Waals surface area contributed by atoms with Crippen LogP contribution in [0, 0.1) is 0 Å². The summed E-state index contributed by atoms with van der Waals surface area (Å²) in [4.78, 5) is 16.9. The van der Waals surface area contributed by atoms with E-state index in [1.165, 1.54) is 6.42 Å². The van der Waals surface area contributed by atoms with E-state index >= 15 is 0 Å². The lowest BCUT2D eigenvalue weighted by Gasteiger charge is -2.13. The molecule has 2 aromatic rings. The second-order valence-electron chi connectivity index (χ2n) is 4.85. The van der Waals surface area contributed by atoms with Gasteiger partial charge in [0.05, 0.1) is 19.0 Å². The van der Waals surface area contributed by atoms with E-state index < -0.39 is 0 Å². The van der Waals surface area contributed by atoms with Gasteiger partial charge in [-0.3, -0.25) is 9.36 Å². The maximum atomic E-state index is 12.5. The molecule has 1 N–H and O–H groups in total. The molecule has 0 amide bonds. The van der Waals surface area contributed by atoms with Crippen LogP contribution in [-0.4, -0.2) is 29.2 Å². The number of fused-ring (bicyclic) bond motifs is 1. The highest BCUT2D eigenvalue weighted by Crippen LogP contribution is 2.20. The van der Waals surface area contributed by atoms with Crippen LogP contribution in [0.25, 0.3) is 10.9 Å². The molecule has 0 bridgehead atoms. The van der Waals surface area contributed by atoms with Crippen LogP contribution in [0.15, 0.2) is 29.3 Å². The second-order valence-corrected chi connectivity index (χ2v) is 4.85. The van der Waals surface area contributed by atoms with E-state index in [9.17, 15) is 4.79 Å². The van der Waals surface area contributed by atoms with Gasteiger partial charge in [0.15, 0.2) is 0 Å². The Bertz CT molecular complexity index is 645. The summed E-state index contributed by atoms with van der Waals surface area (Å²) in [6, 6.07) is 5.84. The van der Waals surface area contributed by atoms with Crippen LogP contribution in [0.2, 0.25) is 0 Å². The first-order valence-electron chi connectivity index (χ1n) is 6.55. The summed E-state index contributed by atoms with van der Waals surface area (Å²) < 4.78 is 6.94. The molecule has 0 aliphatic carbocycles. The van der Waals surface area contributed by atoms with Crippen molar-refractivity contribution in [3.63, 3.8) is 0 Å². The fraction of sp³-hybridized carbons (Fsp3) is 0.429. The highest BCUT2D eigenvalue weighted by atomic mass is 16.5. The van der Waals surface area contributed by atoms with E-state index in [-0.39, 0.29) is 5.56 Å². The number of nitrogens with zero attached hydrogens (tertiary/aromatic N) is 2. The van der Waals surface area contributed by atoms with Gasteiger partial charge in [0.25, 0.3) is 5.56 Å². The van der Waals surface area contributed by atoms with Crippen molar-refractivity contribution in [3.8, 4) is 5.75 Å². The van der Waals surface area contributed by atoms with Crippen molar-refractivity contribution >= 4 is 10.9 Å². The van der Waals surface area contributed by atoms with E-state index in [0.29, 0.717) is 29.2 Å². The second kappa shape index (κ2) is 5.01. The first kappa shape index (κ1) is 12.2. The van der Waals surface area contributed by atoms with Gasteiger partial charge in [-0.05, 0) is 31.5 Å². The monoisotopic (exact) mass is 259 g/mol. The lowest BCUT2D eigenvalue weighted by Crippen LogP contribution is -2.32. The highest BCUT2D eigenvalue weighted by Gasteiger charge is 2.16. The Morgan fingerprint density at radius 1 is 1.53 bits per heavy atom. The van der Waals surface area contributed by atoms with Crippen LogP contribution in [0.3, 0.4) is 0 Å². The molecule has 5 heteroatoms. The van der Waals surface area contributed by atoms with E-state index in [1.54, 1.807) is 24.1 Å². The number of nitrogens with one attached hydrogen (secondary N) is 1. The molecule has 0 unspecified atom stereocenters. The predicted molar refractivity (Wildman–Crippen MR) is 73.6 cm³/mol. The van der Waals surface area contributed by atoms with Crippen molar-refractivity contribution in [1.82, 2.24) is 14.9 Å². The molecule has 1 aromatic heterocycles. The Balaban J connectivity index is 2.06. The van der Waals surface area contributed by atoms with E-state index in [1.807, 2.05) is 12.1 Å². The first-order chi connectivity index (χ1) is 9.29. The average Bonchev–Trinajstić information content (AvgIpc) is 2.94. The summed E-state index contributed by atoms with van der Waals surface area (Å²) in [5, 5.41) is 3.95. The standard InChI is InChI=1S/C14H17N3O2/c1-19-12-6-2-5-11-13(12)14(18)17(9-16-11)8-10-4-3-7-15-10/h2,5-6,9-10,15H,3-4,7-8H2,1H3/t10-/m1/s1. The van der Waals surface area contributed by atoms with Crippen LogP contribution >= 0.6 is 0 Å². The molecule has 1 fully saturated rings. The first-order valence-corrected chi connectivity index (χ1v) is 6.55. The summed E-state index contributed by atoms with van der Waals surface area (Å²) in [6.45, 7) is 1.70. The number of methoxy groups -OCH3 is 1. The van der Waals surface area contributed by atoms with Gasteiger partial charge in [-0.25, -0.2) is 4.98 Å². The van der Waals surface area contributed by atoms with Gasteiger partial charge >= 0.3 is 0 Å². The number of aromatic nitrogens is 2. The van der Waals surface area contributed by atoms with E-state index in [0.717, 1.165) is 13.0 Å². The number of benzene rings is 1. The smallest absolute Gasteiger partial charge is 0.265 e. The zero-order valence-electron chi connectivity index (χ0n) is 10.9. The molecule has 0 saturated carbocycles. The summed E-state index contributed by atoms with van der Waals surface area (Å²) >= 11 is 0. The lowest BCUT2D eigenvalue weighted by molar-refractivity contribution is 0.418. The molecule has 1 aliphatic rings. The van der Waals surface area contributed by atoms with Crippen molar-refractivity contribution < 1.29 is 4.74 Å². The molecule has 1 saturated heterocycles. The van der Waals surface area contributed by atoms with E-state index in [4.69, 9.17) is 4.74 Å². The summed E-state index contributed by atoms with van der Waals surface area (Å²) in [5.41, 5.74) is 0.649. The maximum Gasteiger partial charge on any atom is 0.265 e. The minimum Gasteiger partial charge on any atom is -0.496 e. The summed E-state index contributed by atoms with van der Waals surface area (Å²) in [7, 11) is 1.57. The molecule has 0 radical (unpaired) electrons. The van der Waals surface area contributed by atoms with Gasteiger partial charge in [-0.1, -0.05) is 6.07 Å². The topological polar surface area (TPSA) is 56.1 Å². The number of ether oxygens (including phenoxy) is 1. The normalized spacial score (nSPS) is 18.9. The number of rotatable bonds is 3. The Morgan fingerprint density at radius 2 is 2.42 bits per heavy atom. The van der Waals surface area contributed by atoms with Crippen LogP contribution in [0.5, 0.6) is 5.75 Å². The van der Waals surface area contributed by atoms with Crippen molar-refractivity contribution in [2.24, 2.45) is 0 Å². The van der Waals surface area contributed by atoms with Gasteiger partial charge < -0.3 is 10.1 Å². The molecule has 1 atom stereocenters. The molecule has 1 aliphatic heterocycles. The van der Waals surface area contributed by atoms with Crippen LogP contribution in [0.4, 0.5) is 0 Å². The van der Waals surface area contributed by atoms with Crippen molar-refractivity contribution in [2.75, 3.05) is 13.7 Å². The van der Waals surface area contributed by atoms with Crippen LogP contribution in [0.1, 0.15) is 12.8 Å². The predicted octanol–water partition coefficient (Wildman–Crippen LogP) is 1.16. The van der Waals surface area contributed by atoms with Gasteiger partial charge in [0.1, 0.15) is 11.1 Å². The zero-order valence-corrected chi connectivity index (χ0v) is 10.9. The van der Waals surface area contributed by atoms with Crippen LogP contribution < -0.4 is 15.6 Å². The van der Waals surface area contributed by atoms with Gasteiger partial charge in [-0.15, -0.1) is 0 Å². The maximum absolute atomic E-state index is 12.5. The Kier molecular flexibility index (Phi) is 3.21. The van der Waals surface area contributed by atoms with Crippen molar-refractivity contribution in [2.45, 2.75) is 25.4 Å². The molecular weight excluding hydrogens is 242 g/mol. The molecular formula is C14H17N3O2. The molecule has 100 valence electrons. The third-order valence-corrected chi connectivity index (χ3v) is 3.61. The van der Waals surface area contributed by atoms with Crippen molar-refractivity contribution in [1.29, 1.82) is 0 Å². The minimum absolute atomic E-state index is 0.0313. The Morgan fingerprint density at radius 3 is 3.16 bits per heavy atom. The number of hydrogen-bond acceptors (Lipinski definition) is 4. The largest absolute Gasteiger partial charge is 0.496 e. The number of hydrogen-bond donors (Lipinski definition) is 1. The Labute approximate surface area is 111 Å². The molecule has 0 spiro atoms. The van der Waals surface area contributed by atoms with Gasteiger partial charge in [0.2, 0.25) is 0 Å².